The highest BCUT2D eigenvalue weighted by Crippen LogP contribution is 2.33. The number of nitrogens with zero attached hydrogens (tertiary/aromatic N) is 2. The van der Waals surface area contributed by atoms with E-state index in [9.17, 15) is 0 Å². The predicted molar refractivity (Wildman–Crippen MR) is 91.2 cm³/mol. The minimum Gasteiger partial charge on any atom is -0.370 e. The van der Waals surface area contributed by atoms with Gasteiger partial charge in [-0.25, -0.2) is 9.97 Å². The molecule has 1 aliphatic rings. The number of hydrogen-bond acceptors (Lipinski definition) is 3. The average Bonchev–Trinajstić information content (AvgIpc) is 3.38. The van der Waals surface area contributed by atoms with E-state index in [1.807, 2.05) is 30.6 Å². The fraction of sp³-hybridized carbons (Fsp3) is 0.222. The third-order valence-electron chi connectivity index (χ3n) is 4.08. The molecule has 3 aromatic rings. The maximum atomic E-state index is 6.23. The maximum absolute atomic E-state index is 6.23. The Bertz CT molecular complexity index is 813. The number of anilines is 1. The molecule has 0 bridgehead atoms. The molecule has 1 N–H and O–H groups in total. The molecule has 3 nitrogen and oxygen atoms in total. The van der Waals surface area contributed by atoms with Gasteiger partial charge in [0.15, 0.2) is 0 Å². The summed E-state index contributed by atoms with van der Waals surface area (Å²) in [6, 6.07) is 12.3. The molecule has 110 valence electrons. The number of aromatic nitrogens is 2. The molecule has 4 heteroatoms. The largest absolute Gasteiger partial charge is 0.370 e. The Labute approximate surface area is 134 Å². The number of hydrogen-bond donors (Lipinski definition) is 1. The summed E-state index contributed by atoms with van der Waals surface area (Å²) in [6.07, 6.45) is 6.30. The van der Waals surface area contributed by atoms with E-state index in [4.69, 9.17) is 11.6 Å². The number of fused-ring (bicyclic) bond motifs is 1. The van der Waals surface area contributed by atoms with E-state index in [0.29, 0.717) is 5.15 Å². The van der Waals surface area contributed by atoms with Gasteiger partial charge in [-0.2, -0.15) is 0 Å². The quantitative estimate of drug-likeness (QED) is 0.705. The molecule has 0 aliphatic heterocycles. The van der Waals surface area contributed by atoms with Gasteiger partial charge >= 0.3 is 0 Å². The Morgan fingerprint density at radius 2 is 1.86 bits per heavy atom. The maximum Gasteiger partial charge on any atom is 0.138 e. The first-order chi connectivity index (χ1) is 10.8. The van der Waals surface area contributed by atoms with Crippen LogP contribution >= 0.6 is 11.6 Å². The van der Waals surface area contributed by atoms with Gasteiger partial charge in [0.25, 0.3) is 0 Å². The molecule has 0 unspecified atom stereocenters. The summed E-state index contributed by atoms with van der Waals surface area (Å²) in [5.41, 5.74) is 2.22. The van der Waals surface area contributed by atoms with Crippen molar-refractivity contribution in [1.82, 2.24) is 9.97 Å². The van der Waals surface area contributed by atoms with E-state index in [2.05, 4.69) is 33.5 Å². The smallest absolute Gasteiger partial charge is 0.138 e. The van der Waals surface area contributed by atoms with Crippen LogP contribution < -0.4 is 5.32 Å². The van der Waals surface area contributed by atoms with E-state index >= 15 is 0 Å². The number of halogens is 1. The van der Waals surface area contributed by atoms with Gasteiger partial charge in [-0.1, -0.05) is 41.9 Å². The molecule has 2 heterocycles. The van der Waals surface area contributed by atoms with Gasteiger partial charge in [0.1, 0.15) is 11.0 Å². The van der Waals surface area contributed by atoms with Gasteiger partial charge in [-0.15, -0.1) is 0 Å². The van der Waals surface area contributed by atoms with Crippen LogP contribution in [0.3, 0.4) is 0 Å². The Kier molecular flexibility index (Phi) is 3.43. The molecular weight excluding hydrogens is 294 g/mol. The van der Waals surface area contributed by atoms with Crippen molar-refractivity contribution in [2.45, 2.75) is 12.8 Å². The summed E-state index contributed by atoms with van der Waals surface area (Å²) in [7, 11) is 0. The molecule has 1 saturated carbocycles. The lowest BCUT2D eigenvalue weighted by Gasteiger charge is -2.10. The number of nitrogens with one attached hydrogen (secondary N) is 1. The van der Waals surface area contributed by atoms with Gasteiger partial charge in [0.2, 0.25) is 0 Å². The SMILES string of the molecule is Clc1ncc(-c2ccccc2)c2cc(NCC3CC3)ncc12. The molecule has 4 rings (SSSR count). The van der Waals surface area contributed by atoms with Crippen molar-refractivity contribution in [2.75, 3.05) is 11.9 Å². The summed E-state index contributed by atoms with van der Waals surface area (Å²) < 4.78 is 0. The summed E-state index contributed by atoms with van der Waals surface area (Å²) in [5.74, 6) is 1.71. The molecule has 22 heavy (non-hydrogen) atoms. The standard InChI is InChI=1S/C18H16ClN3/c19-18-16-11-21-17(20-9-12-6-7-12)8-14(16)15(10-22-18)13-4-2-1-3-5-13/h1-5,8,10-12H,6-7,9H2,(H,20,21). The zero-order valence-electron chi connectivity index (χ0n) is 12.1. The van der Waals surface area contributed by atoms with E-state index in [0.717, 1.165) is 40.2 Å². The number of benzene rings is 1. The Balaban J connectivity index is 1.81. The van der Waals surface area contributed by atoms with Crippen LogP contribution in [0, 0.1) is 5.92 Å². The number of rotatable bonds is 4. The summed E-state index contributed by atoms with van der Waals surface area (Å²) in [4.78, 5) is 8.77. The van der Waals surface area contributed by atoms with Crippen molar-refractivity contribution in [3.63, 3.8) is 0 Å². The molecule has 1 aliphatic carbocycles. The average molecular weight is 310 g/mol. The van der Waals surface area contributed by atoms with E-state index in [1.54, 1.807) is 0 Å². The normalized spacial score (nSPS) is 14.2. The highest BCUT2D eigenvalue weighted by atomic mass is 35.5. The first kappa shape index (κ1) is 13.5. The van der Waals surface area contributed by atoms with Crippen molar-refractivity contribution in [2.24, 2.45) is 5.92 Å². The minimum atomic E-state index is 0.496. The van der Waals surface area contributed by atoms with Gasteiger partial charge in [0, 0.05) is 29.9 Å². The Hall–Kier alpha value is -2.13. The van der Waals surface area contributed by atoms with Crippen LogP contribution in [-0.2, 0) is 0 Å². The molecule has 0 saturated heterocycles. The van der Waals surface area contributed by atoms with Crippen LogP contribution in [0.2, 0.25) is 5.15 Å². The molecule has 0 atom stereocenters. The fourth-order valence-corrected chi connectivity index (χ4v) is 2.82. The predicted octanol–water partition coefficient (Wildman–Crippen LogP) is 4.77. The van der Waals surface area contributed by atoms with Crippen LogP contribution in [0.15, 0.2) is 48.8 Å². The highest BCUT2D eigenvalue weighted by molar-refractivity contribution is 6.34. The van der Waals surface area contributed by atoms with Gasteiger partial charge in [0.05, 0.1) is 0 Å². The zero-order chi connectivity index (χ0) is 14.9. The molecule has 0 amide bonds. The minimum absolute atomic E-state index is 0.496. The monoisotopic (exact) mass is 309 g/mol. The van der Waals surface area contributed by atoms with Crippen molar-refractivity contribution < 1.29 is 0 Å². The molecule has 0 spiro atoms. The summed E-state index contributed by atoms with van der Waals surface area (Å²) >= 11 is 6.23. The van der Waals surface area contributed by atoms with Crippen molar-refractivity contribution >= 4 is 28.2 Å². The second-order valence-corrected chi connectivity index (χ2v) is 6.13. The highest BCUT2D eigenvalue weighted by Gasteiger charge is 2.20. The van der Waals surface area contributed by atoms with E-state index < -0.39 is 0 Å². The first-order valence-electron chi connectivity index (χ1n) is 7.55. The Morgan fingerprint density at radius 1 is 1.05 bits per heavy atom. The van der Waals surface area contributed by atoms with Crippen molar-refractivity contribution in [3.05, 3.63) is 53.9 Å². The number of pyridine rings is 2. The van der Waals surface area contributed by atoms with Gasteiger partial charge < -0.3 is 5.32 Å². The molecule has 0 radical (unpaired) electrons. The molecule has 1 aromatic carbocycles. The van der Waals surface area contributed by atoms with Crippen LogP contribution in [0.4, 0.5) is 5.82 Å². The molecular formula is C18H16ClN3. The Morgan fingerprint density at radius 3 is 2.64 bits per heavy atom. The van der Waals surface area contributed by atoms with Crippen LogP contribution in [0.1, 0.15) is 12.8 Å². The molecule has 2 aromatic heterocycles. The third kappa shape index (κ3) is 2.64. The van der Waals surface area contributed by atoms with Crippen LogP contribution in [-0.4, -0.2) is 16.5 Å². The third-order valence-corrected chi connectivity index (χ3v) is 4.38. The lowest BCUT2D eigenvalue weighted by atomic mass is 10.0. The zero-order valence-corrected chi connectivity index (χ0v) is 12.8. The second-order valence-electron chi connectivity index (χ2n) is 5.77. The lowest BCUT2D eigenvalue weighted by molar-refractivity contribution is 0.883. The second kappa shape index (κ2) is 5.58. The van der Waals surface area contributed by atoms with Crippen LogP contribution in [0.25, 0.3) is 21.9 Å². The topological polar surface area (TPSA) is 37.8 Å². The lowest BCUT2D eigenvalue weighted by Crippen LogP contribution is -2.04. The van der Waals surface area contributed by atoms with Crippen molar-refractivity contribution in [1.29, 1.82) is 0 Å². The van der Waals surface area contributed by atoms with Crippen molar-refractivity contribution in [3.8, 4) is 11.1 Å². The summed E-state index contributed by atoms with van der Waals surface area (Å²) in [6.45, 7) is 0.998. The molecule has 1 fully saturated rings. The van der Waals surface area contributed by atoms with Gasteiger partial charge in [-0.05, 0) is 35.8 Å². The van der Waals surface area contributed by atoms with E-state index in [-0.39, 0.29) is 0 Å². The van der Waals surface area contributed by atoms with E-state index in [1.165, 1.54) is 12.8 Å². The fourth-order valence-electron chi connectivity index (χ4n) is 2.62. The first-order valence-corrected chi connectivity index (χ1v) is 7.92. The van der Waals surface area contributed by atoms with Crippen LogP contribution in [0.5, 0.6) is 0 Å². The summed E-state index contributed by atoms with van der Waals surface area (Å²) in [5, 5.41) is 5.89. The van der Waals surface area contributed by atoms with Gasteiger partial charge in [-0.3, -0.25) is 0 Å².